The van der Waals surface area contributed by atoms with E-state index in [4.69, 9.17) is 4.98 Å². The predicted octanol–water partition coefficient (Wildman–Crippen LogP) is 5.15. The molecule has 0 amide bonds. The number of hydrogen-bond donors (Lipinski definition) is 0. The molecule has 0 spiro atoms. The van der Waals surface area contributed by atoms with E-state index in [1.165, 1.54) is 29.0 Å². The van der Waals surface area contributed by atoms with Crippen LogP contribution in [-0.2, 0) is 0 Å². The Bertz CT molecular complexity index is 1170. The number of thiazole rings is 1. The molecule has 2 aromatic heterocycles. The van der Waals surface area contributed by atoms with Crippen LogP contribution in [0.25, 0.3) is 27.3 Å². The lowest BCUT2D eigenvalue weighted by Gasteiger charge is -2.15. The zero-order chi connectivity index (χ0) is 18.4. The molecule has 0 N–H and O–H groups in total. The highest BCUT2D eigenvalue weighted by Crippen LogP contribution is 2.34. The first-order valence-corrected chi connectivity index (χ1v) is 9.17. The van der Waals surface area contributed by atoms with Crippen LogP contribution in [0.3, 0.4) is 0 Å². The van der Waals surface area contributed by atoms with Gasteiger partial charge in [-0.1, -0.05) is 29.8 Å². The molecule has 0 saturated heterocycles. The quantitative estimate of drug-likeness (QED) is 0.493. The molecule has 0 saturated carbocycles. The van der Waals surface area contributed by atoms with Crippen LogP contribution < -0.4 is 5.56 Å². The normalized spacial score (nSPS) is 11.2. The summed E-state index contributed by atoms with van der Waals surface area (Å²) in [6.45, 7) is 6.11. The Hall–Kier alpha value is -2.79. The molecular weight excluding hydrogens is 347 g/mol. The fourth-order valence-corrected chi connectivity index (χ4v) is 4.20. The molecule has 0 bridgehead atoms. The second-order valence-electron chi connectivity index (χ2n) is 6.48. The number of hydrogen-bond acceptors (Lipinski definition) is 3. The summed E-state index contributed by atoms with van der Waals surface area (Å²) >= 11 is 1.42. The van der Waals surface area contributed by atoms with E-state index in [1.54, 1.807) is 22.7 Å². The third-order valence-electron chi connectivity index (χ3n) is 4.51. The van der Waals surface area contributed by atoms with Crippen molar-refractivity contribution in [3.63, 3.8) is 0 Å². The van der Waals surface area contributed by atoms with Crippen molar-refractivity contribution in [2.75, 3.05) is 0 Å². The minimum absolute atomic E-state index is 0.141. The molecule has 3 nitrogen and oxygen atoms in total. The Balaban J connectivity index is 2.14. The lowest BCUT2D eigenvalue weighted by molar-refractivity contribution is 0.628. The molecule has 2 heterocycles. The van der Waals surface area contributed by atoms with Gasteiger partial charge in [-0.25, -0.2) is 9.37 Å². The molecule has 5 heteroatoms. The topological polar surface area (TPSA) is 34.4 Å². The zero-order valence-corrected chi connectivity index (χ0v) is 15.5. The highest BCUT2D eigenvalue weighted by atomic mass is 32.1. The third kappa shape index (κ3) is 2.65. The molecule has 0 radical (unpaired) electrons. The first-order valence-electron chi connectivity index (χ1n) is 8.29. The molecular formula is C21H17FN2OS. The van der Waals surface area contributed by atoms with Crippen molar-refractivity contribution >= 4 is 16.3 Å². The van der Waals surface area contributed by atoms with Crippen molar-refractivity contribution in [2.45, 2.75) is 20.8 Å². The van der Waals surface area contributed by atoms with E-state index in [-0.39, 0.29) is 11.4 Å². The van der Waals surface area contributed by atoms with Crippen molar-refractivity contribution in [2.24, 2.45) is 0 Å². The van der Waals surface area contributed by atoms with Crippen molar-refractivity contribution in [3.05, 3.63) is 80.8 Å². The molecule has 4 aromatic rings. The highest BCUT2D eigenvalue weighted by Gasteiger charge is 2.20. The average Bonchev–Trinajstić information content (AvgIpc) is 3.04. The molecule has 2 aromatic carbocycles. The van der Waals surface area contributed by atoms with Gasteiger partial charge in [0, 0.05) is 17.1 Å². The van der Waals surface area contributed by atoms with Gasteiger partial charge in [0.05, 0.1) is 11.3 Å². The van der Waals surface area contributed by atoms with Crippen LogP contribution in [0.1, 0.15) is 16.7 Å². The van der Waals surface area contributed by atoms with E-state index in [1.807, 2.05) is 19.2 Å². The van der Waals surface area contributed by atoms with Crippen LogP contribution >= 0.6 is 11.3 Å². The van der Waals surface area contributed by atoms with E-state index < -0.39 is 0 Å². The first-order chi connectivity index (χ1) is 12.5. The average molecular weight is 364 g/mol. The van der Waals surface area contributed by atoms with Gasteiger partial charge in [-0.3, -0.25) is 9.20 Å². The number of aryl methyl sites for hydroxylation is 3. The molecule has 4 rings (SSSR count). The van der Waals surface area contributed by atoms with Crippen LogP contribution in [0.5, 0.6) is 0 Å². The monoisotopic (exact) mass is 364 g/mol. The smallest absolute Gasteiger partial charge is 0.267 e. The van der Waals surface area contributed by atoms with Gasteiger partial charge in [0.2, 0.25) is 0 Å². The maximum Gasteiger partial charge on any atom is 0.267 e. The number of benzene rings is 2. The van der Waals surface area contributed by atoms with E-state index in [0.29, 0.717) is 21.8 Å². The lowest BCUT2D eigenvalue weighted by atomic mass is 9.93. The molecule has 130 valence electrons. The van der Waals surface area contributed by atoms with Gasteiger partial charge in [-0.15, -0.1) is 11.3 Å². The summed E-state index contributed by atoms with van der Waals surface area (Å²) < 4.78 is 15.0. The fourth-order valence-electron chi connectivity index (χ4n) is 3.49. The Morgan fingerprint density at radius 2 is 1.65 bits per heavy atom. The summed E-state index contributed by atoms with van der Waals surface area (Å²) in [6.07, 6.45) is 1.72. The number of fused-ring (bicyclic) bond motifs is 1. The van der Waals surface area contributed by atoms with Crippen LogP contribution in [-0.4, -0.2) is 9.38 Å². The second-order valence-corrected chi connectivity index (χ2v) is 7.35. The van der Waals surface area contributed by atoms with Crippen LogP contribution in [0, 0.1) is 26.6 Å². The van der Waals surface area contributed by atoms with Crippen molar-refractivity contribution in [3.8, 4) is 22.4 Å². The van der Waals surface area contributed by atoms with E-state index in [0.717, 1.165) is 16.7 Å². The Morgan fingerprint density at radius 1 is 1.00 bits per heavy atom. The largest absolute Gasteiger partial charge is 0.268 e. The number of nitrogens with zero attached hydrogens (tertiary/aromatic N) is 2. The molecule has 0 atom stereocenters. The second kappa shape index (κ2) is 6.18. The maximum atomic E-state index is 13.4. The summed E-state index contributed by atoms with van der Waals surface area (Å²) in [5, 5.41) is 1.84. The highest BCUT2D eigenvalue weighted by molar-refractivity contribution is 7.15. The van der Waals surface area contributed by atoms with Gasteiger partial charge in [0.15, 0.2) is 4.96 Å². The van der Waals surface area contributed by atoms with E-state index in [2.05, 4.69) is 19.1 Å². The van der Waals surface area contributed by atoms with Crippen molar-refractivity contribution in [1.29, 1.82) is 0 Å². The SMILES string of the molecule is Cc1cc(C)c(-c2nc3sccn3c(=O)c2-c2ccc(F)cc2)c(C)c1. The fraction of sp³-hybridized carbons (Fsp3) is 0.143. The Labute approximate surface area is 154 Å². The van der Waals surface area contributed by atoms with Gasteiger partial charge >= 0.3 is 0 Å². The zero-order valence-electron chi connectivity index (χ0n) is 14.7. The predicted molar refractivity (Wildman–Crippen MR) is 104 cm³/mol. The maximum absolute atomic E-state index is 13.4. The summed E-state index contributed by atoms with van der Waals surface area (Å²) in [5.41, 5.74) is 5.94. The van der Waals surface area contributed by atoms with Crippen molar-refractivity contribution in [1.82, 2.24) is 9.38 Å². The van der Waals surface area contributed by atoms with E-state index >= 15 is 0 Å². The molecule has 0 unspecified atom stereocenters. The van der Waals surface area contributed by atoms with Gasteiger partial charge < -0.3 is 0 Å². The number of aromatic nitrogens is 2. The molecule has 0 aliphatic rings. The minimum atomic E-state index is -0.331. The lowest BCUT2D eigenvalue weighted by Crippen LogP contribution is -2.17. The van der Waals surface area contributed by atoms with Gasteiger partial charge in [0.1, 0.15) is 5.82 Å². The minimum Gasteiger partial charge on any atom is -0.268 e. The van der Waals surface area contributed by atoms with Gasteiger partial charge in [0.25, 0.3) is 5.56 Å². The molecule has 26 heavy (non-hydrogen) atoms. The van der Waals surface area contributed by atoms with Gasteiger partial charge in [-0.2, -0.15) is 0 Å². The van der Waals surface area contributed by atoms with Crippen LogP contribution in [0.15, 0.2) is 52.8 Å². The Kier molecular flexibility index (Phi) is 3.96. The Morgan fingerprint density at radius 3 is 2.31 bits per heavy atom. The van der Waals surface area contributed by atoms with Crippen LogP contribution in [0.4, 0.5) is 4.39 Å². The molecule has 0 aliphatic heterocycles. The summed E-state index contributed by atoms with van der Waals surface area (Å²) in [7, 11) is 0. The van der Waals surface area contributed by atoms with E-state index in [9.17, 15) is 9.18 Å². The molecule has 0 aliphatic carbocycles. The van der Waals surface area contributed by atoms with Crippen LogP contribution in [0.2, 0.25) is 0 Å². The summed E-state index contributed by atoms with van der Waals surface area (Å²) in [5.74, 6) is -0.331. The van der Waals surface area contributed by atoms with Gasteiger partial charge in [-0.05, 0) is 49.6 Å². The third-order valence-corrected chi connectivity index (χ3v) is 5.27. The molecule has 0 fully saturated rings. The standard InChI is InChI=1S/C21H17FN2OS/c1-12-10-13(2)17(14(3)11-12)19-18(15-4-6-16(22)7-5-15)20(25)24-8-9-26-21(24)23-19/h4-11H,1-3H3. The number of rotatable bonds is 2. The van der Waals surface area contributed by atoms with Crippen molar-refractivity contribution < 1.29 is 4.39 Å². The number of halogens is 1. The first kappa shape index (κ1) is 16.7. The summed E-state index contributed by atoms with van der Waals surface area (Å²) in [4.78, 5) is 18.6. The summed E-state index contributed by atoms with van der Waals surface area (Å²) in [6, 6.07) is 10.2.